The fraction of sp³-hybridized carbons (Fsp3) is 0.375. The van der Waals surface area contributed by atoms with E-state index in [0.717, 1.165) is 22.3 Å². The molecule has 1 aliphatic carbocycles. The molecule has 20 heavy (non-hydrogen) atoms. The van der Waals surface area contributed by atoms with Crippen LogP contribution in [-0.2, 0) is 0 Å². The van der Waals surface area contributed by atoms with Gasteiger partial charge in [0.2, 0.25) is 0 Å². The lowest BCUT2D eigenvalue weighted by Gasteiger charge is -2.12. The third kappa shape index (κ3) is 2.71. The molecule has 1 saturated carbocycles. The molecule has 1 N–H and O–H groups in total. The van der Waals surface area contributed by atoms with Crippen molar-refractivity contribution in [2.45, 2.75) is 18.9 Å². The number of methoxy groups -OCH3 is 1. The van der Waals surface area contributed by atoms with Crippen LogP contribution in [0.2, 0.25) is 5.02 Å². The van der Waals surface area contributed by atoms with E-state index in [2.05, 4.69) is 17.4 Å². The molecular formula is C16H18ClNOS. The lowest BCUT2D eigenvalue weighted by atomic mass is 10.1. The van der Waals surface area contributed by atoms with Crippen molar-refractivity contribution in [2.24, 2.45) is 5.92 Å². The Labute approximate surface area is 128 Å². The first-order valence-electron chi connectivity index (χ1n) is 6.84. The Kier molecular flexibility index (Phi) is 4.01. The molecular weight excluding hydrogens is 290 g/mol. The van der Waals surface area contributed by atoms with E-state index < -0.39 is 0 Å². The summed E-state index contributed by atoms with van der Waals surface area (Å²) in [6, 6.07) is 10.6. The van der Waals surface area contributed by atoms with Crippen molar-refractivity contribution in [3.8, 4) is 16.2 Å². The molecule has 106 valence electrons. The fourth-order valence-electron chi connectivity index (χ4n) is 2.52. The van der Waals surface area contributed by atoms with Gasteiger partial charge in [0.15, 0.2) is 0 Å². The number of benzene rings is 1. The van der Waals surface area contributed by atoms with Gasteiger partial charge in [-0.3, -0.25) is 0 Å². The van der Waals surface area contributed by atoms with Crippen molar-refractivity contribution in [1.29, 1.82) is 0 Å². The highest BCUT2D eigenvalue weighted by atomic mass is 35.5. The SMILES string of the molecule is CNC(c1ccc(-c2cc(OC)ccc2Cl)s1)C1CC1. The summed E-state index contributed by atoms with van der Waals surface area (Å²) < 4.78 is 5.29. The van der Waals surface area contributed by atoms with Gasteiger partial charge < -0.3 is 10.1 Å². The largest absolute Gasteiger partial charge is 0.497 e. The van der Waals surface area contributed by atoms with Gasteiger partial charge in [-0.15, -0.1) is 11.3 Å². The monoisotopic (exact) mass is 307 g/mol. The summed E-state index contributed by atoms with van der Waals surface area (Å²) in [5, 5.41) is 4.21. The molecule has 1 aliphatic rings. The zero-order valence-electron chi connectivity index (χ0n) is 11.7. The number of ether oxygens (including phenoxy) is 1. The minimum absolute atomic E-state index is 0.484. The summed E-state index contributed by atoms with van der Waals surface area (Å²) in [6.07, 6.45) is 2.66. The summed E-state index contributed by atoms with van der Waals surface area (Å²) in [5.74, 6) is 1.64. The third-order valence-corrected chi connectivity index (χ3v) is 5.31. The Morgan fingerprint density at radius 1 is 1.30 bits per heavy atom. The third-order valence-electron chi connectivity index (χ3n) is 3.78. The van der Waals surface area contributed by atoms with Gasteiger partial charge in [-0.05, 0) is 56.1 Å². The molecule has 2 aromatic rings. The van der Waals surface area contributed by atoms with Crippen LogP contribution >= 0.6 is 22.9 Å². The number of nitrogens with one attached hydrogen (secondary N) is 1. The van der Waals surface area contributed by atoms with Gasteiger partial charge in [0.05, 0.1) is 7.11 Å². The van der Waals surface area contributed by atoms with Crippen LogP contribution in [0.1, 0.15) is 23.8 Å². The van der Waals surface area contributed by atoms with E-state index >= 15 is 0 Å². The van der Waals surface area contributed by atoms with Crippen LogP contribution in [-0.4, -0.2) is 14.2 Å². The van der Waals surface area contributed by atoms with Gasteiger partial charge in [0, 0.05) is 26.4 Å². The molecule has 0 saturated heterocycles. The van der Waals surface area contributed by atoms with Gasteiger partial charge in [-0.2, -0.15) is 0 Å². The van der Waals surface area contributed by atoms with Crippen LogP contribution < -0.4 is 10.1 Å². The number of thiophene rings is 1. The standard InChI is InChI=1S/C16H18ClNOS/c1-18-16(10-3-4-10)15-8-7-14(20-15)12-9-11(19-2)5-6-13(12)17/h5-10,16,18H,3-4H2,1-2H3. The minimum atomic E-state index is 0.484. The Morgan fingerprint density at radius 2 is 2.10 bits per heavy atom. The zero-order valence-corrected chi connectivity index (χ0v) is 13.2. The van der Waals surface area contributed by atoms with Crippen LogP contribution in [0.5, 0.6) is 5.75 Å². The summed E-state index contributed by atoms with van der Waals surface area (Å²) in [4.78, 5) is 2.59. The molecule has 3 rings (SSSR count). The first-order chi connectivity index (χ1) is 9.72. The van der Waals surface area contributed by atoms with E-state index in [-0.39, 0.29) is 0 Å². The van der Waals surface area contributed by atoms with E-state index in [9.17, 15) is 0 Å². The average Bonchev–Trinajstić information content (AvgIpc) is 3.18. The second-order valence-electron chi connectivity index (χ2n) is 5.15. The molecule has 4 heteroatoms. The van der Waals surface area contributed by atoms with Gasteiger partial charge in [0.25, 0.3) is 0 Å². The van der Waals surface area contributed by atoms with Crippen LogP contribution in [0.4, 0.5) is 0 Å². The highest BCUT2D eigenvalue weighted by Crippen LogP contribution is 2.45. The lowest BCUT2D eigenvalue weighted by molar-refractivity contribution is 0.415. The predicted octanol–water partition coefficient (Wildman–Crippen LogP) is 4.75. The average molecular weight is 308 g/mol. The van der Waals surface area contributed by atoms with E-state index in [0.29, 0.717) is 6.04 Å². The van der Waals surface area contributed by atoms with E-state index in [1.54, 1.807) is 7.11 Å². The number of hydrogen-bond donors (Lipinski definition) is 1. The quantitative estimate of drug-likeness (QED) is 0.861. The summed E-state index contributed by atoms with van der Waals surface area (Å²) in [6.45, 7) is 0. The highest BCUT2D eigenvalue weighted by Gasteiger charge is 2.32. The Hall–Kier alpha value is -1.03. The van der Waals surface area contributed by atoms with Gasteiger partial charge in [-0.25, -0.2) is 0 Å². The van der Waals surface area contributed by atoms with Crippen molar-refractivity contribution >= 4 is 22.9 Å². The van der Waals surface area contributed by atoms with E-state index in [4.69, 9.17) is 16.3 Å². The first kappa shape index (κ1) is 13.9. The molecule has 0 spiro atoms. The summed E-state index contributed by atoms with van der Waals surface area (Å²) in [5.41, 5.74) is 1.05. The molecule has 1 atom stereocenters. The maximum atomic E-state index is 6.32. The first-order valence-corrected chi connectivity index (χ1v) is 8.03. The van der Waals surface area contributed by atoms with Crippen LogP contribution in [0.15, 0.2) is 30.3 Å². The Balaban J connectivity index is 1.93. The number of halogens is 1. The summed E-state index contributed by atoms with van der Waals surface area (Å²) in [7, 11) is 3.72. The minimum Gasteiger partial charge on any atom is -0.497 e. The predicted molar refractivity (Wildman–Crippen MR) is 85.8 cm³/mol. The lowest BCUT2D eigenvalue weighted by Crippen LogP contribution is -2.16. The van der Waals surface area contributed by atoms with E-state index in [1.165, 1.54) is 22.6 Å². The zero-order chi connectivity index (χ0) is 14.1. The van der Waals surface area contributed by atoms with Crippen molar-refractivity contribution in [3.63, 3.8) is 0 Å². The van der Waals surface area contributed by atoms with Crippen molar-refractivity contribution in [1.82, 2.24) is 5.32 Å². The second-order valence-corrected chi connectivity index (χ2v) is 6.67. The number of hydrogen-bond acceptors (Lipinski definition) is 3. The smallest absolute Gasteiger partial charge is 0.119 e. The maximum Gasteiger partial charge on any atom is 0.119 e. The molecule has 1 aromatic heterocycles. The van der Waals surface area contributed by atoms with Crippen molar-refractivity contribution < 1.29 is 4.74 Å². The van der Waals surface area contributed by atoms with Gasteiger partial charge in [-0.1, -0.05) is 11.6 Å². The fourth-order valence-corrected chi connectivity index (χ4v) is 4.04. The number of rotatable bonds is 5. The maximum absolute atomic E-state index is 6.32. The molecule has 0 bridgehead atoms. The molecule has 1 heterocycles. The van der Waals surface area contributed by atoms with Crippen molar-refractivity contribution in [2.75, 3.05) is 14.2 Å². The van der Waals surface area contributed by atoms with Crippen molar-refractivity contribution in [3.05, 3.63) is 40.2 Å². The van der Waals surface area contributed by atoms with Crippen LogP contribution in [0.25, 0.3) is 10.4 Å². The topological polar surface area (TPSA) is 21.3 Å². The highest BCUT2D eigenvalue weighted by molar-refractivity contribution is 7.15. The Bertz CT molecular complexity index is 606. The van der Waals surface area contributed by atoms with Gasteiger partial charge in [0.1, 0.15) is 5.75 Å². The molecule has 1 fully saturated rings. The molecule has 1 aromatic carbocycles. The molecule has 0 aliphatic heterocycles. The normalized spacial score (nSPS) is 16.1. The molecule has 0 amide bonds. The Morgan fingerprint density at radius 3 is 2.75 bits per heavy atom. The van der Waals surface area contributed by atoms with Crippen LogP contribution in [0.3, 0.4) is 0 Å². The van der Waals surface area contributed by atoms with Gasteiger partial charge >= 0.3 is 0 Å². The van der Waals surface area contributed by atoms with E-state index in [1.807, 2.05) is 36.6 Å². The molecule has 0 radical (unpaired) electrons. The molecule has 1 unspecified atom stereocenters. The molecule has 2 nitrogen and oxygen atoms in total. The van der Waals surface area contributed by atoms with Crippen LogP contribution in [0, 0.1) is 5.92 Å². The summed E-state index contributed by atoms with van der Waals surface area (Å²) >= 11 is 8.14. The second kappa shape index (κ2) is 5.76.